The van der Waals surface area contributed by atoms with Crippen LogP contribution in [-0.4, -0.2) is 0 Å². The first-order valence-corrected chi connectivity index (χ1v) is 19.1. The van der Waals surface area contributed by atoms with E-state index in [1.54, 1.807) is 0 Å². The number of hydrogen-bond acceptors (Lipinski definition) is 2. The maximum absolute atomic E-state index is 2.49. The van der Waals surface area contributed by atoms with E-state index in [4.69, 9.17) is 0 Å². The zero-order valence-corrected chi connectivity index (χ0v) is 31.4. The summed E-state index contributed by atoms with van der Waals surface area (Å²) in [5.74, 6) is 0.506. The van der Waals surface area contributed by atoms with Gasteiger partial charge in [0.2, 0.25) is 0 Å². The van der Waals surface area contributed by atoms with Crippen LogP contribution in [0.25, 0.3) is 43.4 Å². The molecule has 0 aromatic heterocycles. The Labute approximate surface area is 318 Å². The number of hydrogen-bond donors (Lipinski definition) is 0. The van der Waals surface area contributed by atoms with Crippen LogP contribution in [0, 0.1) is 26.7 Å². The molecular formula is C52H44N2. The molecule has 2 nitrogen and oxygen atoms in total. The van der Waals surface area contributed by atoms with Crippen LogP contribution in [0.3, 0.4) is 0 Å². The predicted octanol–water partition coefficient (Wildman–Crippen LogP) is 14.8. The molecule has 262 valence electrons. The topological polar surface area (TPSA) is 6.48 Å². The lowest BCUT2D eigenvalue weighted by Crippen LogP contribution is -2.19. The van der Waals surface area contributed by atoms with E-state index in [1.165, 1.54) is 77.2 Å². The number of anilines is 5. The van der Waals surface area contributed by atoms with Gasteiger partial charge in [0.05, 0.1) is 11.4 Å². The van der Waals surface area contributed by atoms with Crippen molar-refractivity contribution in [1.29, 1.82) is 0 Å². The molecule has 0 saturated carbocycles. The predicted molar refractivity (Wildman–Crippen MR) is 233 cm³/mol. The Kier molecular flexibility index (Phi) is 8.60. The second-order valence-corrected chi connectivity index (χ2v) is 14.9. The van der Waals surface area contributed by atoms with Gasteiger partial charge in [0.1, 0.15) is 0 Å². The van der Waals surface area contributed by atoms with E-state index >= 15 is 0 Å². The Morgan fingerprint density at radius 3 is 1.50 bits per heavy atom. The van der Waals surface area contributed by atoms with Crippen molar-refractivity contribution in [2.24, 2.45) is 5.92 Å². The molecule has 0 amide bonds. The van der Waals surface area contributed by atoms with Crippen molar-refractivity contribution in [2.45, 2.75) is 34.1 Å². The van der Waals surface area contributed by atoms with Gasteiger partial charge in [-0.2, -0.15) is 0 Å². The van der Waals surface area contributed by atoms with Crippen molar-refractivity contribution in [3.05, 3.63) is 198 Å². The molecule has 1 aliphatic carbocycles. The largest absolute Gasteiger partial charge is 0.310 e. The summed E-state index contributed by atoms with van der Waals surface area (Å²) in [6.45, 7) is 8.77. The van der Waals surface area contributed by atoms with Crippen molar-refractivity contribution >= 4 is 60.8 Å². The van der Waals surface area contributed by atoms with E-state index in [9.17, 15) is 0 Å². The number of fused-ring (bicyclic) bond motifs is 3. The monoisotopic (exact) mass is 696 g/mol. The molecule has 8 aromatic carbocycles. The minimum atomic E-state index is 0.506. The fraction of sp³-hybridized carbons (Fsp3) is 0.115. The van der Waals surface area contributed by atoms with Crippen molar-refractivity contribution in [2.75, 3.05) is 9.80 Å². The number of benzene rings is 8. The van der Waals surface area contributed by atoms with Gasteiger partial charge in [-0.1, -0.05) is 145 Å². The van der Waals surface area contributed by atoms with Crippen molar-refractivity contribution in [1.82, 2.24) is 0 Å². The Bertz CT molecular complexity index is 2670. The van der Waals surface area contributed by atoms with E-state index in [0.717, 1.165) is 23.5 Å². The summed E-state index contributed by atoms with van der Waals surface area (Å²) in [6.07, 6.45) is 8.08. The molecule has 0 radical (unpaired) electrons. The molecule has 0 heterocycles. The smallest absolute Gasteiger partial charge is 0.0620 e. The van der Waals surface area contributed by atoms with Crippen molar-refractivity contribution in [3.8, 4) is 11.1 Å². The van der Waals surface area contributed by atoms with Gasteiger partial charge in [-0.05, 0) is 110 Å². The third kappa shape index (κ3) is 6.14. The highest BCUT2D eigenvalue weighted by atomic mass is 15.2. The summed E-state index contributed by atoms with van der Waals surface area (Å²) in [5, 5.41) is 7.29. The van der Waals surface area contributed by atoms with Crippen LogP contribution in [0.4, 0.5) is 28.4 Å². The highest BCUT2D eigenvalue weighted by Gasteiger charge is 2.26. The molecule has 0 saturated heterocycles. The molecule has 1 aliphatic rings. The van der Waals surface area contributed by atoms with Crippen LogP contribution in [-0.2, 0) is 0 Å². The third-order valence-corrected chi connectivity index (χ3v) is 10.9. The first kappa shape index (κ1) is 33.5. The van der Waals surface area contributed by atoms with Gasteiger partial charge in [0, 0.05) is 44.3 Å². The summed E-state index contributed by atoms with van der Waals surface area (Å²) >= 11 is 0. The number of rotatable bonds is 7. The Balaban J connectivity index is 1.41. The molecule has 0 fully saturated rings. The van der Waals surface area contributed by atoms with E-state index in [0.29, 0.717) is 5.92 Å². The minimum absolute atomic E-state index is 0.506. The SMILES string of the molecule is Cc1ccc(N(C2=CCC(C)C=C2)c2c3ccccc3c(N(c3ccc(C)cc3)c3ccc(C)cc3)c3cc(-c4ccc5ccccc5c4)ccc23)cc1. The Morgan fingerprint density at radius 2 is 0.926 bits per heavy atom. The minimum Gasteiger partial charge on any atom is -0.310 e. The number of allylic oxidation sites excluding steroid dienone is 3. The van der Waals surface area contributed by atoms with Gasteiger partial charge in [-0.3, -0.25) is 0 Å². The lowest BCUT2D eigenvalue weighted by Gasteiger charge is -2.34. The average Bonchev–Trinajstić information content (AvgIpc) is 3.21. The van der Waals surface area contributed by atoms with Crippen LogP contribution < -0.4 is 9.80 Å². The van der Waals surface area contributed by atoms with E-state index in [1.807, 2.05) is 0 Å². The number of aryl methyl sites for hydroxylation is 3. The average molecular weight is 697 g/mol. The Morgan fingerprint density at radius 1 is 0.444 bits per heavy atom. The summed E-state index contributed by atoms with van der Waals surface area (Å²) in [4.78, 5) is 4.96. The molecule has 0 spiro atoms. The molecule has 0 bridgehead atoms. The third-order valence-electron chi connectivity index (χ3n) is 10.9. The van der Waals surface area contributed by atoms with Gasteiger partial charge in [0.15, 0.2) is 0 Å². The van der Waals surface area contributed by atoms with E-state index < -0.39 is 0 Å². The molecule has 0 aliphatic heterocycles. The fourth-order valence-corrected chi connectivity index (χ4v) is 7.94. The van der Waals surface area contributed by atoms with Crippen LogP contribution in [0.1, 0.15) is 30.0 Å². The van der Waals surface area contributed by atoms with Crippen LogP contribution in [0.5, 0.6) is 0 Å². The highest BCUT2D eigenvalue weighted by Crippen LogP contribution is 2.51. The van der Waals surface area contributed by atoms with Gasteiger partial charge in [0.25, 0.3) is 0 Å². The zero-order valence-electron chi connectivity index (χ0n) is 31.4. The van der Waals surface area contributed by atoms with E-state index in [-0.39, 0.29) is 0 Å². The molecule has 2 heteroatoms. The first-order chi connectivity index (χ1) is 26.4. The van der Waals surface area contributed by atoms with Gasteiger partial charge in [-0.25, -0.2) is 0 Å². The van der Waals surface area contributed by atoms with Crippen molar-refractivity contribution < 1.29 is 0 Å². The fourth-order valence-electron chi connectivity index (χ4n) is 7.94. The summed E-state index contributed by atoms with van der Waals surface area (Å²) in [6, 6.07) is 58.5. The lowest BCUT2D eigenvalue weighted by molar-refractivity contribution is 0.728. The quantitative estimate of drug-likeness (QED) is 0.121. The molecule has 1 unspecified atom stereocenters. The van der Waals surface area contributed by atoms with Crippen LogP contribution >= 0.6 is 0 Å². The maximum atomic E-state index is 2.49. The molecule has 1 atom stereocenters. The van der Waals surface area contributed by atoms with Crippen LogP contribution in [0.15, 0.2) is 182 Å². The second-order valence-electron chi connectivity index (χ2n) is 14.9. The lowest BCUT2D eigenvalue weighted by atomic mass is 9.91. The summed E-state index contributed by atoms with van der Waals surface area (Å²) in [5.41, 5.74) is 13.1. The normalized spacial score (nSPS) is 14.1. The first-order valence-electron chi connectivity index (χ1n) is 19.1. The molecule has 9 rings (SSSR count). The van der Waals surface area contributed by atoms with Gasteiger partial charge in [-0.15, -0.1) is 0 Å². The number of nitrogens with zero attached hydrogens (tertiary/aromatic N) is 2. The molecule has 0 N–H and O–H groups in total. The van der Waals surface area contributed by atoms with Crippen molar-refractivity contribution in [3.63, 3.8) is 0 Å². The van der Waals surface area contributed by atoms with Gasteiger partial charge >= 0.3 is 0 Å². The summed E-state index contributed by atoms with van der Waals surface area (Å²) < 4.78 is 0. The second kappa shape index (κ2) is 13.9. The standard InChI is InChI=1S/C52H44N2/c1-35-13-24-43(25-14-35)53(44-26-15-36(2)16-27-44)51-47-11-7-8-12-48(47)52(54(45-28-17-37(3)18-29-45)46-30-19-38(4)20-31-46)50-34-42(23-32-49(50)51)41-22-21-39-9-5-6-10-40(39)33-41/h5-15,17-34,36H,16H2,1-4H3. The highest BCUT2D eigenvalue weighted by molar-refractivity contribution is 6.23. The summed E-state index contributed by atoms with van der Waals surface area (Å²) in [7, 11) is 0. The van der Waals surface area contributed by atoms with Gasteiger partial charge < -0.3 is 9.80 Å². The zero-order chi connectivity index (χ0) is 36.8. The molecule has 8 aromatic rings. The Hall–Kier alpha value is -6.38. The maximum Gasteiger partial charge on any atom is 0.0620 e. The van der Waals surface area contributed by atoms with E-state index in [2.05, 4.69) is 213 Å². The van der Waals surface area contributed by atoms with Crippen LogP contribution in [0.2, 0.25) is 0 Å². The molecular weight excluding hydrogens is 653 g/mol. The molecule has 54 heavy (non-hydrogen) atoms.